The molecule has 1 aromatic carbocycles. The molecule has 0 bridgehead atoms. The number of carboxylic acid groups (broad SMARTS) is 1. The number of piperidine rings is 1. The highest BCUT2D eigenvalue weighted by Gasteiger charge is 2.29. The Hall–Kier alpha value is -2.31. The molecule has 1 aromatic heterocycles. The van der Waals surface area contributed by atoms with Crippen molar-refractivity contribution in [1.29, 1.82) is 0 Å². The molecule has 0 aliphatic carbocycles. The van der Waals surface area contributed by atoms with Crippen LogP contribution in [0.15, 0.2) is 42.5 Å². The van der Waals surface area contributed by atoms with Gasteiger partial charge < -0.3 is 10.2 Å². The SMILES string of the molecule is O=C(O)C(O)C1CCN(Cc2cccc(-c3ccc(F)cc3)n2)CC1. The number of nitrogens with zero attached hydrogens (tertiary/aromatic N) is 2. The first-order valence-electron chi connectivity index (χ1n) is 8.38. The first kappa shape index (κ1) is 17.5. The number of carbonyl (C=O) groups is 1. The molecule has 2 aromatic rings. The summed E-state index contributed by atoms with van der Waals surface area (Å²) in [6, 6.07) is 12.0. The zero-order valence-corrected chi connectivity index (χ0v) is 13.8. The lowest BCUT2D eigenvalue weighted by molar-refractivity contribution is -0.150. The van der Waals surface area contributed by atoms with Gasteiger partial charge in [0, 0.05) is 12.1 Å². The van der Waals surface area contributed by atoms with Crippen LogP contribution in [0.2, 0.25) is 0 Å². The van der Waals surface area contributed by atoms with Crippen molar-refractivity contribution in [2.75, 3.05) is 13.1 Å². The van der Waals surface area contributed by atoms with Crippen LogP contribution in [0.1, 0.15) is 18.5 Å². The summed E-state index contributed by atoms with van der Waals surface area (Å²) in [4.78, 5) is 17.7. The van der Waals surface area contributed by atoms with Gasteiger partial charge in [0.1, 0.15) is 5.82 Å². The number of aromatic nitrogens is 1. The van der Waals surface area contributed by atoms with Crippen LogP contribution in [0.4, 0.5) is 4.39 Å². The standard InChI is InChI=1S/C19H21FN2O3/c20-15-6-4-13(5-7-15)17-3-1-2-16(21-17)12-22-10-8-14(9-11-22)18(23)19(24)25/h1-7,14,18,23H,8-12H2,(H,24,25). The molecule has 6 heteroatoms. The summed E-state index contributed by atoms with van der Waals surface area (Å²) in [5, 5.41) is 18.5. The number of benzene rings is 1. The van der Waals surface area contributed by atoms with Crippen molar-refractivity contribution in [1.82, 2.24) is 9.88 Å². The molecule has 0 spiro atoms. The molecule has 25 heavy (non-hydrogen) atoms. The predicted octanol–water partition coefficient (Wildman–Crippen LogP) is 2.55. The van der Waals surface area contributed by atoms with Crippen LogP contribution in [-0.4, -0.2) is 45.3 Å². The number of halogens is 1. The van der Waals surface area contributed by atoms with Gasteiger partial charge in [-0.2, -0.15) is 0 Å². The molecule has 1 atom stereocenters. The minimum absolute atomic E-state index is 0.188. The summed E-state index contributed by atoms with van der Waals surface area (Å²) >= 11 is 0. The fourth-order valence-electron chi connectivity index (χ4n) is 3.21. The number of hydrogen-bond acceptors (Lipinski definition) is 4. The number of carboxylic acids is 1. The second-order valence-corrected chi connectivity index (χ2v) is 6.42. The summed E-state index contributed by atoms with van der Waals surface area (Å²) in [6.45, 7) is 2.14. The van der Waals surface area contributed by atoms with Crippen molar-refractivity contribution in [3.8, 4) is 11.3 Å². The van der Waals surface area contributed by atoms with Crippen molar-refractivity contribution in [2.45, 2.75) is 25.5 Å². The highest BCUT2D eigenvalue weighted by molar-refractivity contribution is 5.72. The number of aliphatic hydroxyl groups is 1. The van der Waals surface area contributed by atoms with Crippen LogP contribution in [0, 0.1) is 11.7 Å². The monoisotopic (exact) mass is 344 g/mol. The number of likely N-dealkylation sites (tertiary alicyclic amines) is 1. The van der Waals surface area contributed by atoms with Gasteiger partial charge in [0.2, 0.25) is 0 Å². The van der Waals surface area contributed by atoms with E-state index in [0.717, 1.165) is 30.0 Å². The Kier molecular flexibility index (Phi) is 5.40. The summed E-state index contributed by atoms with van der Waals surface area (Å²) < 4.78 is 13.0. The Bertz CT molecular complexity index is 728. The van der Waals surface area contributed by atoms with E-state index in [-0.39, 0.29) is 11.7 Å². The van der Waals surface area contributed by atoms with E-state index in [2.05, 4.69) is 9.88 Å². The average molecular weight is 344 g/mol. The topological polar surface area (TPSA) is 73.7 Å². The van der Waals surface area contributed by atoms with Crippen LogP contribution in [0.3, 0.4) is 0 Å². The van der Waals surface area contributed by atoms with Gasteiger partial charge in [0.25, 0.3) is 0 Å². The highest BCUT2D eigenvalue weighted by Crippen LogP contribution is 2.23. The fourth-order valence-corrected chi connectivity index (χ4v) is 3.21. The average Bonchev–Trinajstić information content (AvgIpc) is 2.62. The van der Waals surface area contributed by atoms with Crippen LogP contribution in [0.5, 0.6) is 0 Å². The van der Waals surface area contributed by atoms with Crippen molar-refractivity contribution < 1.29 is 19.4 Å². The largest absolute Gasteiger partial charge is 0.479 e. The van der Waals surface area contributed by atoms with Gasteiger partial charge in [-0.25, -0.2) is 9.18 Å². The highest BCUT2D eigenvalue weighted by atomic mass is 19.1. The molecular formula is C19H21FN2O3. The molecule has 1 unspecified atom stereocenters. The number of hydrogen-bond donors (Lipinski definition) is 2. The van der Waals surface area contributed by atoms with Crippen LogP contribution >= 0.6 is 0 Å². The summed E-state index contributed by atoms with van der Waals surface area (Å²) in [5.74, 6) is -1.61. The quantitative estimate of drug-likeness (QED) is 0.872. The van der Waals surface area contributed by atoms with Gasteiger partial charge in [-0.3, -0.25) is 9.88 Å². The molecule has 0 radical (unpaired) electrons. The van der Waals surface area contributed by atoms with Gasteiger partial charge in [0.05, 0.1) is 11.4 Å². The minimum Gasteiger partial charge on any atom is -0.479 e. The van der Waals surface area contributed by atoms with E-state index in [4.69, 9.17) is 5.11 Å². The molecular weight excluding hydrogens is 323 g/mol. The van der Waals surface area contributed by atoms with Gasteiger partial charge in [-0.1, -0.05) is 6.07 Å². The van der Waals surface area contributed by atoms with E-state index in [1.54, 1.807) is 12.1 Å². The molecule has 2 N–H and O–H groups in total. The van der Waals surface area contributed by atoms with Crippen molar-refractivity contribution in [3.63, 3.8) is 0 Å². The molecule has 3 rings (SSSR count). The van der Waals surface area contributed by atoms with E-state index in [0.29, 0.717) is 19.4 Å². The maximum absolute atomic E-state index is 13.0. The minimum atomic E-state index is -1.28. The Morgan fingerprint density at radius 2 is 1.88 bits per heavy atom. The van der Waals surface area contributed by atoms with Gasteiger partial charge >= 0.3 is 5.97 Å². The van der Waals surface area contributed by atoms with Gasteiger partial charge in [-0.05, 0) is 68.2 Å². The zero-order chi connectivity index (χ0) is 17.8. The van der Waals surface area contributed by atoms with Crippen molar-refractivity contribution in [2.24, 2.45) is 5.92 Å². The number of rotatable bonds is 5. The Morgan fingerprint density at radius 3 is 2.52 bits per heavy atom. The number of aliphatic carboxylic acids is 1. The van der Waals surface area contributed by atoms with Crippen LogP contribution in [0.25, 0.3) is 11.3 Å². The van der Waals surface area contributed by atoms with E-state index >= 15 is 0 Å². The van der Waals surface area contributed by atoms with E-state index in [1.165, 1.54) is 12.1 Å². The molecule has 1 aliphatic heterocycles. The maximum Gasteiger partial charge on any atom is 0.332 e. The molecule has 0 amide bonds. The Labute approximate surface area is 145 Å². The lowest BCUT2D eigenvalue weighted by Crippen LogP contribution is -2.40. The number of pyridine rings is 1. The van der Waals surface area contributed by atoms with Gasteiger partial charge in [0.15, 0.2) is 6.10 Å². The third kappa shape index (κ3) is 4.41. The van der Waals surface area contributed by atoms with Gasteiger partial charge in [-0.15, -0.1) is 0 Å². The smallest absolute Gasteiger partial charge is 0.332 e. The van der Waals surface area contributed by atoms with Crippen molar-refractivity contribution in [3.05, 3.63) is 54.0 Å². The van der Waals surface area contributed by atoms with Crippen LogP contribution < -0.4 is 0 Å². The number of aliphatic hydroxyl groups excluding tert-OH is 1. The van der Waals surface area contributed by atoms with Crippen molar-refractivity contribution >= 4 is 5.97 Å². The Balaban J connectivity index is 1.62. The molecule has 132 valence electrons. The first-order valence-corrected chi connectivity index (χ1v) is 8.38. The Morgan fingerprint density at radius 1 is 1.20 bits per heavy atom. The summed E-state index contributed by atoms with van der Waals surface area (Å²) in [7, 11) is 0. The summed E-state index contributed by atoms with van der Waals surface area (Å²) in [6.07, 6.45) is 0.0399. The van der Waals surface area contributed by atoms with E-state index < -0.39 is 12.1 Å². The fraction of sp³-hybridized carbons (Fsp3) is 0.368. The molecule has 1 aliphatic rings. The second-order valence-electron chi connectivity index (χ2n) is 6.42. The van der Waals surface area contributed by atoms with E-state index in [9.17, 15) is 14.3 Å². The maximum atomic E-state index is 13.0. The lowest BCUT2D eigenvalue weighted by Gasteiger charge is -2.32. The zero-order valence-electron chi connectivity index (χ0n) is 13.8. The molecule has 5 nitrogen and oxygen atoms in total. The first-order chi connectivity index (χ1) is 12.0. The molecule has 1 fully saturated rings. The van der Waals surface area contributed by atoms with Crippen LogP contribution in [-0.2, 0) is 11.3 Å². The predicted molar refractivity (Wildman–Crippen MR) is 91.3 cm³/mol. The molecule has 0 saturated carbocycles. The molecule has 2 heterocycles. The van der Waals surface area contributed by atoms with E-state index in [1.807, 2.05) is 18.2 Å². The third-order valence-electron chi connectivity index (χ3n) is 4.66. The molecule has 1 saturated heterocycles. The second kappa shape index (κ2) is 7.72. The summed E-state index contributed by atoms with van der Waals surface area (Å²) in [5.41, 5.74) is 2.58. The lowest BCUT2D eigenvalue weighted by atomic mass is 9.91. The normalized spacial score (nSPS) is 17.4. The third-order valence-corrected chi connectivity index (χ3v) is 4.66.